The molecule has 0 amide bonds. The van der Waals surface area contributed by atoms with Gasteiger partial charge in [-0.05, 0) is 56.4 Å². The fraction of sp³-hybridized carbons (Fsp3) is 0.0952. The van der Waals surface area contributed by atoms with Gasteiger partial charge in [-0.1, -0.05) is 19.2 Å². The molecule has 1 aromatic heterocycles. The second kappa shape index (κ2) is 11.5. The molecule has 0 spiro atoms. The first-order chi connectivity index (χ1) is 14.5. The van der Waals surface area contributed by atoms with Gasteiger partial charge in [0.25, 0.3) is 0 Å². The number of hydrogen-bond acceptors (Lipinski definition) is 9. The minimum absolute atomic E-state index is 0.371. The molecule has 0 aliphatic rings. The van der Waals surface area contributed by atoms with Crippen LogP contribution in [0.25, 0.3) is 0 Å². The molecule has 152 valence electrons. The van der Waals surface area contributed by atoms with Crippen LogP contribution in [0, 0.1) is 0 Å². The second-order valence-corrected chi connectivity index (χ2v) is 5.78. The van der Waals surface area contributed by atoms with Crippen molar-refractivity contribution in [3.8, 4) is 0 Å². The SMILES string of the molecule is C=C\C(=C/C=C(C)/N=N/C(C=C)=C/C)N=Nc1ccc(N)cc1Nc1ncncn1. The van der Waals surface area contributed by atoms with E-state index in [2.05, 4.69) is 53.9 Å². The molecule has 1 heterocycles. The third-order valence-corrected chi connectivity index (χ3v) is 3.57. The molecule has 0 fully saturated rings. The van der Waals surface area contributed by atoms with Crippen molar-refractivity contribution in [2.45, 2.75) is 13.8 Å². The Kier molecular flexibility index (Phi) is 8.48. The summed E-state index contributed by atoms with van der Waals surface area (Å²) >= 11 is 0. The summed E-state index contributed by atoms with van der Waals surface area (Å²) in [5, 5.41) is 19.8. The van der Waals surface area contributed by atoms with Gasteiger partial charge in [0.2, 0.25) is 5.95 Å². The first-order valence-electron chi connectivity index (χ1n) is 8.97. The maximum atomic E-state index is 5.88. The Labute approximate surface area is 175 Å². The number of nitrogens with one attached hydrogen (secondary N) is 1. The second-order valence-electron chi connectivity index (χ2n) is 5.78. The zero-order chi connectivity index (χ0) is 21.8. The molecule has 9 nitrogen and oxygen atoms in total. The highest BCUT2D eigenvalue weighted by Crippen LogP contribution is 2.30. The minimum atomic E-state index is 0.371. The summed E-state index contributed by atoms with van der Waals surface area (Å²) in [4.78, 5) is 11.9. The molecule has 0 radical (unpaired) electrons. The van der Waals surface area contributed by atoms with E-state index in [9.17, 15) is 0 Å². The summed E-state index contributed by atoms with van der Waals surface area (Å²) in [5.74, 6) is 0.371. The van der Waals surface area contributed by atoms with Crippen LogP contribution in [0.2, 0.25) is 0 Å². The lowest BCUT2D eigenvalue weighted by molar-refractivity contribution is 1.05. The van der Waals surface area contributed by atoms with Crippen molar-refractivity contribution >= 4 is 23.0 Å². The summed E-state index contributed by atoms with van der Waals surface area (Å²) in [6.07, 6.45) is 11.3. The third kappa shape index (κ3) is 7.04. The number of nitrogens with two attached hydrogens (primary N) is 1. The lowest BCUT2D eigenvalue weighted by Crippen LogP contribution is -1.98. The van der Waals surface area contributed by atoms with Crippen molar-refractivity contribution in [1.82, 2.24) is 15.0 Å². The van der Waals surface area contributed by atoms with Gasteiger partial charge >= 0.3 is 0 Å². The van der Waals surface area contributed by atoms with Crippen molar-refractivity contribution < 1.29 is 0 Å². The Morgan fingerprint density at radius 1 is 1.03 bits per heavy atom. The van der Waals surface area contributed by atoms with Crippen molar-refractivity contribution in [3.05, 3.63) is 91.5 Å². The monoisotopic (exact) mass is 401 g/mol. The molecule has 0 atom stereocenters. The predicted molar refractivity (Wildman–Crippen MR) is 119 cm³/mol. The summed E-state index contributed by atoms with van der Waals surface area (Å²) < 4.78 is 0. The average molecular weight is 401 g/mol. The number of hydrogen-bond donors (Lipinski definition) is 2. The van der Waals surface area contributed by atoms with Gasteiger partial charge in [-0.2, -0.15) is 15.3 Å². The molecule has 0 aliphatic carbocycles. The zero-order valence-corrected chi connectivity index (χ0v) is 16.9. The van der Waals surface area contributed by atoms with E-state index in [0.29, 0.717) is 40.1 Å². The largest absolute Gasteiger partial charge is 0.399 e. The summed E-state index contributed by atoms with van der Waals surface area (Å²) in [5.41, 5.74) is 9.54. The van der Waals surface area contributed by atoms with Crippen molar-refractivity contribution in [2.24, 2.45) is 20.5 Å². The number of nitrogens with zero attached hydrogens (tertiary/aromatic N) is 7. The number of aromatic nitrogens is 3. The predicted octanol–water partition coefficient (Wildman–Crippen LogP) is 5.80. The maximum absolute atomic E-state index is 5.88. The molecule has 1 aromatic carbocycles. The summed E-state index contributed by atoms with van der Waals surface area (Å²) in [7, 11) is 0. The Morgan fingerprint density at radius 3 is 2.43 bits per heavy atom. The number of allylic oxidation sites excluding steroid dienone is 6. The molecule has 0 unspecified atom stereocenters. The maximum Gasteiger partial charge on any atom is 0.230 e. The van der Waals surface area contributed by atoms with Crippen LogP contribution in [0.4, 0.5) is 23.0 Å². The first-order valence-corrected chi connectivity index (χ1v) is 8.97. The van der Waals surface area contributed by atoms with Crippen molar-refractivity contribution in [2.75, 3.05) is 11.1 Å². The lowest BCUT2D eigenvalue weighted by Gasteiger charge is -2.07. The fourth-order valence-electron chi connectivity index (χ4n) is 2.01. The smallest absolute Gasteiger partial charge is 0.230 e. The van der Waals surface area contributed by atoms with E-state index < -0.39 is 0 Å². The molecule has 9 heteroatoms. The van der Waals surface area contributed by atoms with E-state index in [1.165, 1.54) is 12.7 Å². The van der Waals surface area contributed by atoms with Crippen LogP contribution in [-0.4, -0.2) is 15.0 Å². The summed E-state index contributed by atoms with van der Waals surface area (Å²) in [6, 6.07) is 5.19. The van der Waals surface area contributed by atoms with Gasteiger partial charge < -0.3 is 11.1 Å². The Hall–Kier alpha value is -4.27. The summed E-state index contributed by atoms with van der Waals surface area (Å²) in [6.45, 7) is 11.1. The number of benzene rings is 1. The zero-order valence-electron chi connectivity index (χ0n) is 16.9. The molecule has 30 heavy (non-hydrogen) atoms. The normalized spacial score (nSPS) is 13.1. The average Bonchev–Trinajstić information content (AvgIpc) is 2.76. The molecule has 0 saturated carbocycles. The quantitative estimate of drug-likeness (QED) is 0.312. The van der Waals surface area contributed by atoms with Gasteiger partial charge in [-0.15, -0.1) is 5.11 Å². The topological polar surface area (TPSA) is 126 Å². The molecular formula is C21H23N9. The van der Waals surface area contributed by atoms with E-state index in [4.69, 9.17) is 5.73 Å². The van der Waals surface area contributed by atoms with Crippen LogP contribution in [0.1, 0.15) is 13.8 Å². The van der Waals surface area contributed by atoms with Crippen molar-refractivity contribution in [3.63, 3.8) is 0 Å². The third-order valence-electron chi connectivity index (χ3n) is 3.57. The Morgan fingerprint density at radius 2 is 1.77 bits per heavy atom. The highest BCUT2D eigenvalue weighted by atomic mass is 15.2. The van der Waals surface area contributed by atoms with Gasteiger partial charge in [-0.3, -0.25) is 0 Å². The van der Waals surface area contributed by atoms with E-state index in [0.717, 1.165) is 0 Å². The van der Waals surface area contributed by atoms with Gasteiger partial charge in [0.15, 0.2) is 0 Å². The first kappa shape index (κ1) is 22.0. The van der Waals surface area contributed by atoms with Gasteiger partial charge in [0.1, 0.15) is 18.3 Å². The van der Waals surface area contributed by atoms with Gasteiger partial charge in [0, 0.05) is 5.69 Å². The fourth-order valence-corrected chi connectivity index (χ4v) is 2.01. The minimum Gasteiger partial charge on any atom is -0.399 e. The van der Waals surface area contributed by atoms with Gasteiger partial charge in [0.05, 0.1) is 22.8 Å². The van der Waals surface area contributed by atoms with E-state index in [1.54, 1.807) is 42.5 Å². The molecule has 0 bridgehead atoms. The molecular weight excluding hydrogens is 378 g/mol. The van der Waals surface area contributed by atoms with Crippen molar-refractivity contribution in [1.29, 1.82) is 0 Å². The van der Waals surface area contributed by atoms with Gasteiger partial charge in [-0.25, -0.2) is 15.0 Å². The van der Waals surface area contributed by atoms with E-state index >= 15 is 0 Å². The van der Waals surface area contributed by atoms with Crippen LogP contribution in [0.15, 0.2) is 112 Å². The Bertz CT molecular complexity index is 1030. The highest BCUT2D eigenvalue weighted by molar-refractivity contribution is 5.73. The van der Waals surface area contributed by atoms with Crippen LogP contribution in [0.3, 0.4) is 0 Å². The molecule has 0 aliphatic heterocycles. The molecule has 2 rings (SSSR count). The molecule has 3 N–H and O–H groups in total. The number of rotatable bonds is 9. The Balaban J connectivity index is 2.22. The number of nitrogen functional groups attached to an aromatic ring is 1. The standard InChI is InChI=1S/C21H23N9/c1-5-17(6-2)28-27-15(4)8-10-18(7-3)29-30-19-11-9-16(22)12-20(19)26-21-24-13-23-14-25-21/h5-14H,1,3,22H2,2,4H3,(H,23,24,25,26)/b15-8+,17-6+,18-10+,28-27+,30-29?. The number of azo groups is 2. The molecule has 2 aromatic rings. The van der Waals surface area contributed by atoms with E-state index in [-0.39, 0.29) is 0 Å². The van der Waals surface area contributed by atoms with E-state index in [1.807, 2.05) is 19.9 Å². The van der Waals surface area contributed by atoms with Crippen LogP contribution < -0.4 is 11.1 Å². The lowest BCUT2D eigenvalue weighted by atomic mass is 10.2. The number of anilines is 3. The molecule has 0 saturated heterocycles. The highest BCUT2D eigenvalue weighted by Gasteiger charge is 2.05. The van der Waals surface area contributed by atoms with Crippen LogP contribution in [-0.2, 0) is 0 Å². The van der Waals surface area contributed by atoms with Crippen LogP contribution in [0.5, 0.6) is 0 Å². The van der Waals surface area contributed by atoms with Crippen LogP contribution >= 0.6 is 0 Å².